The van der Waals surface area contributed by atoms with Crippen LogP contribution in [0.2, 0.25) is 5.02 Å². The fraction of sp³-hybridized carbons (Fsp3) is 0.190. The molecule has 2 heterocycles. The van der Waals surface area contributed by atoms with Gasteiger partial charge in [0.15, 0.2) is 0 Å². The average molecular weight is 465 g/mol. The summed E-state index contributed by atoms with van der Waals surface area (Å²) in [5, 5.41) is 1.01. The number of hydrogen-bond acceptors (Lipinski definition) is 5. The van der Waals surface area contributed by atoms with E-state index in [0.717, 1.165) is 5.56 Å². The van der Waals surface area contributed by atoms with Gasteiger partial charge in [0.05, 0.1) is 23.1 Å². The Hall–Kier alpha value is -2.91. The Balaban J connectivity index is 1.82. The Kier molecular flexibility index (Phi) is 5.26. The maximum Gasteiger partial charge on any atom is 0.427 e. The summed E-state index contributed by atoms with van der Waals surface area (Å²) >= 11 is 6.43. The molecule has 5 nitrogen and oxygen atoms in total. The number of anilines is 1. The second-order valence-corrected chi connectivity index (χ2v) is 8.50. The third-order valence-electron chi connectivity index (χ3n) is 4.85. The fourth-order valence-corrected chi connectivity index (χ4v) is 4.41. The number of benzene rings is 2. The zero-order chi connectivity index (χ0) is 22.5. The molecule has 0 radical (unpaired) electrons. The standard InChI is InChI=1S/C21H16ClF3N4OS/c1-10-18(21(23,24)25)31-19(27-10)14-8-17-15(7-16(14)26)20(30)29(11(2)28-17)9-12-3-5-13(22)6-4-12/h3-8H,9,26H2,1-2H3. The van der Waals surface area contributed by atoms with Gasteiger partial charge in [-0.05, 0) is 43.7 Å². The van der Waals surface area contributed by atoms with Crippen molar-refractivity contribution in [3.05, 3.63) is 73.7 Å². The molecular formula is C21H16ClF3N4OS. The van der Waals surface area contributed by atoms with Gasteiger partial charge in [0, 0.05) is 16.3 Å². The summed E-state index contributed by atoms with van der Waals surface area (Å²) in [7, 11) is 0. The highest BCUT2D eigenvalue weighted by Gasteiger charge is 2.36. The van der Waals surface area contributed by atoms with Gasteiger partial charge in [-0.15, -0.1) is 11.3 Å². The SMILES string of the molecule is Cc1nc(-c2cc3nc(C)n(Cc4ccc(Cl)cc4)c(=O)c3cc2N)sc1C(F)(F)F. The van der Waals surface area contributed by atoms with Crippen molar-refractivity contribution in [2.75, 3.05) is 5.73 Å². The van der Waals surface area contributed by atoms with Gasteiger partial charge in [-0.3, -0.25) is 9.36 Å². The second kappa shape index (κ2) is 7.65. The first-order valence-corrected chi connectivity index (χ1v) is 10.3. The Labute approximate surface area is 183 Å². The number of aryl methyl sites for hydroxylation is 2. The predicted octanol–water partition coefficient (Wildman–Crippen LogP) is 5.44. The molecule has 31 heavy (non-hydrogen) atoms. The molecule has 0 fully saturated rings. The van der Waals surface area contributed by atoms with Gasteiger partial charge in [0.25, 0.3) is 5.56 Å². The van der Waals surface area contributed by atoms with Crippen LogP contribution in [0.25, 0.3) is 21.5 Å². The van der Waals surface area contributed by atoms with E-state index >= 15 is 0 Å². The lowest BCUT2D eigenvalue weighted by atomic mass is 10.1. The minimum atomic E-state index is -4.49. The van der Waals surface area contributed by atoms with Crippen molar-refractivity contribution >= 4 is 39.5 Å². The number of thiazole rings is 1. The molecule has 2 N–H and O–H groups in total. The summed E-state index contributed by atoms with van der Waals surface area (Å²) in [4.78, 5) is 20.8. The van der Waals surface area contributed by atoms with Crippen LogP contribution in [-0.2, 0) is 12.7 Å². The maximum absolute atomic E-state index is 13.2. The number of nitrogen functional groups attached to an aromatic ring is 1. The second-order valence-electron chi connectivity index (χ2n) is 7.06. The zero-order valence-corrected chi connectivity index (χ0v) is 18.0. The molecule has 0 saturated heterocycles. The van der Waals surface area contributed by atoms with E-state index in [2.05, 4.69) is 9.97 Å². The molecule has 10 heteroatoms. The van der Waals surface area contributed by atoms with Crippen molar-refractivity contribution in [3.8, 4) is 10.6 Å². The quantitative estimate of drug-likeness (QED) is 0.410. The summed E-state index contributed by atoms with van der Waals surface area (Å²) in [6.45, 7) is 3.30. The lowest BCUT2D eigenvalue weighted by Gasteiger charge is -2.12. The number of fused-ring (bicyclic) bond motifs is 1. The van der Waals surface area contributed by atoms with Crippen LogP contribution in [0.4, 0.5) is 18.9 Å². The van der Waals surface area contributed by atoms with Crippen LogP contribution in [0.5, 0.6) is 0 Å². The molecule has 0 saturated carbocycles. The largest absolute Gasteiger partial charge is 0.427 e. The first kappa shape index (κ1) is 21.3. The topological polar surface area (TPSA) is 73.8 Å². The van der Waals surface area contributed by atoms with Gasteiger partial charge in [0.1, 0.15) is 15.7 Å². The summed E-state index contributed by atoms with van der Waals surface area (Å²) in [6.07, 6.45) is -4.49. The highest BCUT2D eigenvalue weighted by molar-refractivity contribution is 7.15. The highest BCUT2D eigenvalue weighted by Crippen LogP contribution is 2.41. The number of hydrogen-bond donors (Lipinski definition) is 1. The molecule has 0 aliphatic carbocycles. The summed E-state index contributed by atoms with van der Waals surface area (Å²) in [6, 6.07) is 10.1. The van der Waals surface area contributed by atoms with Crippen molar-refractivity contribution in [2.24, 2.45) is 0 Å². The van der Waals surface area contributed by atoms with E-state index in [-0.39, 0.29) is 27.3 Å². The number of alkyl halides is 3. The molecule has 0 amide bonds. The molecule has 160 valence electrons. The van der Waals surface area contributed by atoms with Crippen molar-refractivity contribution in [2.45, 2.75) is 26.6 Å². The van der Waals surface area contributed by atoms with Crippen LogP contribution >= 0.6 is 22.9 Å². The Morgan fingerprint density at radius 1 is 1.13 bits per heavy atom. The molecule has 2 aromatic carbocycles. The average Bonchev–Trinajstić information content (AvgIpc) is 3.09. The lowest BCUT2D eigenvalue weighted by Crippen LogP contribution is -2.24. The smallest absolute Gasteiger partial charge is 0.398 e. The number of nitrogens with zero attached hydrogens (tertiary/aromatic N) is 3. The van der Waals surface area contributed by atoms with Gasteiger partial charge in [-0.25, -0.2) is 9.97 Å². The molecule has 0 aliphatic rings. The van der Waals surface area contributed by atoms with Crippen molar-refractivity contribution in [1.29, 1.82) is 0 Å². The van der Waals surface area contributed by atoms with Crippen LogP contribution in [0.15, 0.2) is 41.2 Å². The van der Waals surface area contributed by atoms with Crippen LogP contribution in [0, 0.1) is 13.8 Å². The predicted molar refractivity (Wildman–Crippen MR) is 117 cm³/mol. The van der Waals surface area contributed by atoms with E-state index in [1.54, 1.807) is 19.1 Å². The van der Waals surface area contributed by atoms with Gasteiger partial charge >= 0.3 is 6.18 Å². The Morgan fingerprint density at radius 3 is 2.42 bits per heavy atom. The number of aromatic nitrogens is 3. The van der Waals surface area contributed by atoms with E-state index in [0.29, 0.717) is 39.8 Å². The molecule has 0 bridgehead atoms. The molecule has 0 aliphatic heterocycles. The van der Waals surface area contributed by atoms with Gasteiger partial charge in [-0.2, -0.15) is 13.2 Å². The lowest BCUT2D eigenvalue weighted by molar-refractivity contribution is -0.134. The molecule has 2 aromatic heterocycles. The van der Waals surface area contributed by atoms with Crippen LogP contribution in [0.3, 0.4) is 0 Å². The summed E-state index contributed by atoms with van der Waals surface area (Å²) < 4.78 is 41.0. The van der Waals surface area contributed by atoms with Crippen molar-refractivity contribution < 1.29 is 13.2 Å². The van der Waals surface area contributed by atoms with Crippen LogP contribution in [-0.4, -0.2) is 14.5 Å². The van der Waals surface area contributed by atoms with Gasteiger partial charge in [0.2, 0.25) is 0 Å². The first-order chi connectivity index (χ1) is 14.5. The van der Waals surface area contributed by atoms with Crippen LogP contribution in [0.1, 0.15) is 22.0 Å². The maximum atomic E-state index is 13.2. The van der Waals surface area contributed by atoms with Crippen molar-refractivity contribution in [1.82, 2.24) is 14.5 Å². The number of rotatable bonds is 3. The minimum absolute atomic E-state index is 0.116. The molecule has 4 aromatic rings. The minimum Gasteiger partial charge on any atom is -0.398 e. The van der Waals surface area contributed by atoms with E-state index in [1.807, 2.05) is 12.1 Å². The zero-order valence-electron chi connectivity index (χ0n) is 16.4. The summed E-state index contributed by atoms with van der Waals surface area (Å²) in [5.74, 6) is 0.467. The van der Waals surface area contributed by atoms with E-state index in [1.165, 1.54) is 23.6 Å². The van der Waals surface area contributed by atoms with E-state index < -0.39 is 11.1 Å². The molecule has 4 rings (SSSR count). The molecular weight excluding hydrogens is 449 g/mol. The van der Waals surface area contributed by atoms with E-state index in [4.69, 9.17) is 17.3 Å². The highest BCUT2D eigenvalue weighted by atomic mass is 35.5. The molecule has 0 spiro atoms. The monoisotopic (exact) mass is 464 g/mol. The third-order valence-corrected chi connectivity index (χ3v) is 6.34. The van der Waals surface area contributed by atoms with Gasteiger partial charge in [-0.1, -0.05) is 23.7 Å². The number of halogens is 4. The van der Waals surface area contributed by atoms with Crippen LogP contribution < -0.4 is 11.3 Å². The Bertz CT molecular complexity index is 1360. The van der Waals surface area contributed by atoms with E-state index in [9.17, 15) is 18.0 Å². The fourth-order valence-electron chi connectivity index (χ4n) is 3.31. The summed E-state index contributed by atoms with van der Waals surface area (Å²) in [5.41, 5.74) is 7.40. The molecule has 0 unspecified atom stereocenters. The third kappa shape index (κ3) is 4.03. The van der Waals surface area contributed by atoms with Gasteiger partial charge < -0.3 is 5.73 Å². The first-order valence-electron chi connectivity index (χ1n) is 9.14. The van der Waals surface area contributed by atoms with Crippen molar-refractivity contribution in [3.63, 3.8) is 0 Å². The molecule has 0 atom stereocenters. The normalized spacial score (nSPS) is 11.9. The number of nitrogens with two attached hydrogens (primary N) is 1. The Morgan fingerprint density at radius 2 is 1.81 bits per heavy atom.